The van der Waals surface area contributed by atoms with Crippen molar-refractivity contribution in [2.45, 2.75) is 25.8 Å². The number of rotatable bonds is 9. The summed E-state index contributed by atoms with van der Waals surface area (Å²) in [4.78, 5) is 22.7. The Kier molecular flexibility index (Phi) is 7.10. The van der Waals surface area contributed by atoms with Crippen LogP contribution in [0, 0.1) is 0 Å². The number of methoxy groups -OCH3 is 1. The van der Waals surface area contributed by atoms with Crippen LogP contribution in [-0.2, 0) is 9.53 Å². The molecule has 0 fully saturated rings. The summed E-state index contributed by atoms with van der Waals surface area (Å²) in [5.74, 6) is -0.972. The fourth-order valence-corrected chi connectivity index (χ4v) is 1.65. The van der Waals surface area contributed by atoms with Crippen LogP contribution in [0.15, 0.2) is 12.1 Å². The number of nitrogens with one attached hydrogen (secondary N) is 2. The van der Waals surface area contributed by atoms with E-state index in [-0.39, 0.29) is 11.6 Å². The first-order valence-electron chi connectivity index (χ1n) is 6.68. The lowest BCUT2D eigenvalue weighted by molar-refractivity contribution is -0.138. The molecule has 0 aliphatic carbocycles. The minimum atomic E-state index is -0.972. The maximum absolute atomic E-state index is 11.5. The van der Waals surface area contributed by atoms with Crippen LogP contribution in [0.2, 0.25) is 0 Å². The number of anilines is 1. The standard InChI is InChI=1S/C13H20N4O4/c1-3-14-12(18)9-6-7-11(17-16-9)15-10(13(19)20)5-4-8-21-2/h6-7,10H,3-5,8H2,1-2H3,(H,14,18)(H,15,17)(H,19,20). The molecule has 0 aliphatic rings. The number of carbonyl (C=O) groups excluding carboxylic acids is 1. The van der Waals surface area contributed by atoms with Gasteiger partial charge in [0.25, 0.3) is 5.91 Å². The van der Waals surface area contributed by atoms with Gasteiger partial charge >= 0.3 is 5.97 Å². The molecule has 0 spiro atoms. The van der Waals surface area contributed by atoms with Crippen molar-refractivity contribution in [3.05, 3.63) is 17.8 Å². The van der Waals surface area contributed by atoms with Crippen molar-refractivity contribution in [1.82, 2.24) is 15.5 Å². The third kappa shape index (κ3) is 5.74. The Bertz CT molecular complexity index is 464. The van der Waals surface area contributed by atoms with Gasteiger partial charge in [0.1, 0.15) is 11.9 Å². The maximum Gasteiger partial charge on any atom is 0.326 e. The number of hydrogen-bond acceptors (Lipinski definition) is 6. The Hall–Kier alpha value is -2.22. The molecule has 1 unspecified atom stereocenters. The van der Waals surface area contributed by atoms with Crippen LogP contribution in [0.5, 0.6) is 0 Å². The van der Waals surface area contributed by atoms with Gasteiger partial charge in [-0.1, -0.05) is 0 Å². The summed E-state index contributed by atoms with van der Waals surface area (Å²) in [5.41, 5.74) is 0.189. The lowest BCUT2D eigenvalue weighted by Gasteiger charge is -2.14. The third-order valence-electron chi connectivity index (χ3n) is 2.70. The molecule has 1 atom stereocenters. The molecule has 3 N–H and O–H groups in total. The van der Waals surface area contributed by atoms with Gasteiger partial charge in [-0.3, -0.25) is 4.79 Å². The second-order valence-electron chi connectivity index (χ2n) is 4.33. The van der Waals surface area contributed by atoms with Crippen LogP contribution >= 0.6 is 0 Å². The van der Waals surface area contributed by atoms with E-state index in [0.717, 1.165) is 0 Å². The third-order valence-corrected chi connectivity index (χ3v) is 2.70. The zero-order valence-electron chi connectivity index (χ0n) is 12.1. The van der Waals surface area contributed by atoms with Gasteiger partial charge in [-0.15, -0.1) is 10.2 Å². The van der Waals surface area contributed by atoms with Crippen LogP contribution < -0.4 is 10.6 Å². The fraction of sp³-hybridized carbons (Fsp3) is 0.538. The first kappa shape index (κ1) is 16.8. The van der Waals surface area contributed by atoms with E-state index in [1.807, 2.05) is 0 Å². The van der Waals surface area contributed by atoms with Crippen molar-refractivity contribution in [2.24, 2.45) is 0 Å². The topological polar surface area (TPSA) is 113 Å². The molecule has 1 heterocycles. The highest BCUT2D eigenvalue weighted by Gasteiger charge is 2.17. The Balaban J connectivity index is 2.63. The number of carboxylic acids is 1. The van der Waals surface area contributed by atoms with Crippen LogP contribution in [0.4, 0.5) is 5.82 Å². The lowest BCUT2D eigenvalue weighted by Crippen LogP contribution is -2.30. The molecule has 0 bridgehead atoms. The summed E-state index contributed by atoms with van der Waals surface area (Å²) in [6.07, 6.45) is 1.02. The number of aromatic nitrogens is 2. The van der Waals surface area contributed by atoms with E-state index in [1.165, 1.54) is 12.1 Å². The molecule has 0 saturated carbocycles. The second kappa shape index (κ2) is 8.85. The van der Waals surface area contributed by atoms with E-state index in [0.29, 0.717) is 31.8 Å². The van der Waals surface area contributed by atoms with E-state index >= 15 is 0 Å². The number of nitrogens with zero attached hydrogens (tertiary/aromatic N) is 2. The van der Waals surface area contributed by atoms with Crippen molar-refractivity contribution in [3.8, 4) is 0 Å². The highest BCUT2D eigenvalue weighted by molar-refractivity contribution is 5.92. The first-order valence-corrected chi connectivity index (χ1v) is 6.68. The van der Waals surface area contributed by atoms with Crippen LogP contribution in [0.25, 0.3) is 0 Å². The van der Waals surface area contributed by atoms with E-state index in [1.54, 1.807) is 14.0 Å². The first-order chi connectivity index (χ1) is 10.1. The van der Waals surface area contributed by atoms with Gasteiger partial charge < -0.3 is 20.5 Å². The largest absolute Gasteiger partial charge is 0.480 e. The van der Waals surface area contributed by atoms with Gasteiger partial charge in [-0.2, -0.15) is 0 Å². The van der Waals surface area contributed by atoms with E-state index in [4.69, 9.17) is 9.84 Å². The molecule has 1 amide bonds. The molecule has 1 rings (SSSR count). The highest BCUT2D eigenvalue weighted by Crippen LogP contribution is 2.08. The molecule has 21 heavy (non-hydrogen) atoms. The molecule has 116 valence electrons. The quantitative estimate of drug-likeness (QED) is 0.569. The average molecular weight is 296 g/mol. The normalized spacial score (nSPS) is 11.7. The zero-order valence-corrected chi connectivity index (χ0v) is 12.1. The van der Waals surface area contributed by atoms with Crippen molar-refractivity contribution in [3.63, 3.8) is 0 Å². The summed E-state index contributed by atoms with van der Waals surface area (Å²) in [5, 5.41) is 22.1. The Morgan fingerprint density at radius 1 is 1.38 bits per heavy atom. The molecular formula is C13H20N4O4. The minimum Gasteiger partial charge on any atom is -0.480 e. The summed E-state index contributed by atoms with van der Waals surface area (Å²) in [6, 6.07) is 2.25. The fourth-order valence-electron chi connectivity index (χ4n) is 1.65. The molecule has 0 radical (unpaired) electrons. The van der Waals surface area contributed by atoms with Gasteiger partial charge in [0.05, 0.1) is 0 Å². The number of hydrogen-bond donors (Lipinski definition) is 3. The Labute approximate surface area is 122 Å². The monoisotopic (exact) mass is 296 g/mol. The maximum atomic E-state index is 11.5. The predicted molar refractivity (Wildman–Crippen MR) is 76.2 cm³/mol. The van der Waals surface area contributed by atoms with Crippen molar-refractivity contribution in [2.75, 3.05) is 25.6 Å². The van der Waals surface area contributed by atoms with Crippen molar-refractivity contribution < 1.29 is 19.4 Å². The van der Waals surface area contributed by atoms with Crippen molar-refractivity contribution >= 4 is 17.7 Å². The molecule has 0 aliphatic heterocycles. The van der Waals surface area contributed by atoms with E-state index in [2.05, 4.69) is 20.8 Å². The Morgan fingerprint density at radius 2 is 2.14 bits per heavy atom. The number of ether oxygens (including phenoxy) is 1. The highest BCUT2D eigenvalue weighted by atomic mass is 16.5. The molecule has 1 aromatic rings. The van der Waals surface area contributed by atoms with Crippen molar-refractivity contribution in [1.29, 1.82) is 0 Å². The minimum absolute atomic E-state index is 0.189. The number of carboxylic acid groups (broad SMARTS) is 1. The molecule has 8 nitrogen and oxygen atoms in total. The molecule has 0 saturated heterocycles. The van der Waals surface area contributed by atoms with Gasteiger partial charge in [0.15, 0.2) is 5.69 Å². The number of aliphatic carboxylic acids is 1. The smallest absolute Gasteiger partial charge is 0.326 e. The van der Waals surface area contributed by atoms with E-state index in [9.17, 15) is 9.59 Å². The predicted octanol–water partition coefficient (Wildman–Crippen LogP) is 0.518. The Morgan fingerprint density at radius 3 is 2.67 bits per heavy atom. The van der Waals surface area contributed by atoms with E-state index < -0.39 is 12.0 Å². The SMILES string of the molecule is CCNC(=O)c1ccc(NC(CCCOC)C(=O)O)nn1. The molecule has 0 aromatic carbocycles. The molecular weight excluding hydrogens is 276 g/mol. The molecule has 8 heteroatoms. The molecule has 1 aromatic heterocycles. The summed E-state index contributed by atoms with van der Waals surface area (Å²) >= 11 is 0. The summed E-state index contributed by atoms with van der Waals surface area (Å²) in [7, 11) is 1.56. The average Bonchev–Trinajstić information content (AvgIpc) is 2.47. The lowest BCUT2D eigenvalue weighted by atomic mass is 10.1. The van der Waals surface area contributed by atoms with Gasteiger partial charge in [0.2, 0.25) is 0 Å². The van der Waals surface area contributed by atoms with Crippen LogP contribution in [-0.4, -0.2) is 53.5 Å². The summed E-state index contributed by atoms with van der Waals surface area (Å²) in [6.45, 7) is 2.80. The van der Waals surface area contributed by atoms with Gasteiger partial charge in [-0.05, 0) is 31.9 Å². The van der Waals surface area contributed by atoms with Crippen LogP contribution in [0.1, 0.15) is 30.3 Å². The number of carbonyl (C=O) groups is 2. The summed E-state index contributed by atoms with van der Waals surface area (Å²) < 4.78 is 4.89. The zero-order chi connectivity index (χ0) is 15.7. The van der Waals surface area contributed by atoms with Gasteiger partial charge in [-0.25, -0.2) is 4.79 Å². The van der Waals surface area contributed by atoms with Gasteiger partial charge in [0, 0.05) is 20.3 Å². The number of amides is 1. The second-order valence-corrected chi connectivity index (χ2v) is 4.33. The van der Waals surface area contributed by atoms with Crippen LogP contribution in [0.3, 0.4) is 0 Å².